The van der Waals surface area contributed by atoms with Crippen LogP contribution in [0.25, 0.3) is 0 Å². The molecule has 0 aromatic heterocycles. The van der Waals surface area contributed by atoms with Crippen LogP contribution in [0.5, 0.6) is 5.75 Å². The highest BCUT2D eigenvalue weighted by molar-refractivity contribution is 7.91. The topological polar surface area (TPSA) is 75.6 Å². The zero-order chi connectivity index (χ0) is 19.6. The molecule has 0 radical (unpaired) electrons. The summed E-state index contributed by atoms with van der Waals surface area (Å²) in [6.45, 7) is 1.94. The van der Waals surface area contributed by atoms with Crippen molar-refractivity contribution in [1.82, 2.24) is 5.32 Å². The maximum absolute atomic E-state index is 14.6. The van der Waals surface area contributed by atoms with Crippen LogP contribution < -0.4 is 10.1 Å². The molecule has 0 spiro atoms. The molecule has 0 unspecified atom stereocenters. The van der Waals surface area contributed by atoms with Crippen LogP contribution in [0.3, 0.4) is 0 Å². The molecule has 0 bridgehead atoms. The van der Waals surface area contributed by atoms with E-state index < -0.39 is 32.8 Å². The Kier molecular flexibility index (Phi) is 5.78. The Morgan fingerprint density at radius 3 is 2.48 bits per heavy atom. The number of sulfone groups is 1. The molecule has 5 nitrogen and oxygen atoms in total. The van der Waals surface area contributed by atoms with Crippen LogP contribution in [-0.2, 0) is 9.84 Å². The summed E-state index contributed by atoms with van der Waals surface area (Å²) < 4.78 is 60.8. The lowest BCUT2D eigenvalue weighted by Gasteiger charge is -2.34. The number of hydrogen-bond donors (Lipinski definition) is 2. The lowest BCUT2D eigenvalue weighted by Crippen LogP contribution is -2.46. The smallest absolute Gasteiger partial charge is 0.187 e. The van der Waals surface area contributed by atoms with Crippen molar-refractivity contribution in [3.8, 4) is 5.75 Å². The third-order valence-corrected chi connectivity index (χ3v) is 6.74. The molecule has 2 aromatic rings. The minimum Gasteiger partial charge on any atom is -0.488 e. The molecule has 0 saturated heterocycles. The molecule has 0 amide bonds. The molecule has 2 N–H and O–H groups in total. The summed E-state index contributed by atoms with van der Waals surface area (Å²) in [5, 5.41) is 10.6. The Labute approximate surface area is 156 Å². The third-order valence-electron chi connectivity index (χ3n) is 4.58. The molecule has 0 aliphatic carbocycles. The van der Waals surface area contributed by atoms with Crippen molar-refractivity contribution in [2.24, 2.45) is 0 Å². The SMILES string of the molecule is Cc1ccc(S(=O)(=O)[C@H]2c3c(F)ccc(F)c3OC[C@@H]2NCCCO)cc1. The second kappa shape index (κ2) is 7.92. The predicted molar refractivity (Wildman–Crippen MR) is 96.5 cm³/mol. The summed E-state index contributed by atoms with van der Waals surface area (Å²) >= 11 is 0. The van der Waals surface area contributed by atoms with Gasteiger partial charge in [-0.1, -0.05) is 17.7 Å². The summed E-state index contributed by atoms with van der Waals surface area (Å²) in [7, 11) is -4.03. The van der Waals surface area contributed by atoms with E-state index in [-0.39, 0.29) is 29.4 Å². The van der Waals surface area contributed by atoms with E-state index in [1.165, 1.54) is 12.1 Å². The van der Waals surface area contributed by atoms with E-state index in [2.05, 4.69) is 5.32 Å². The highest BCUT2D eigenvalue weighted by atomic mass is 32.2. The first-order valence-corrected chi connectivity index (χ1v) is 10.2. The fourth-order valence-corrected chi connectivity index (χ4v) is 5.15. The van der Waals surface area contributed by atoms with Gasteiger partial charge in [0.05, 0.1) is 16.5 Å². The van der Waals surface area contributed by atoms with Crippen LogP contribution in [0.1, 0.15) is 22.8 Å². The summed E-state index contributed by atoms with van der Waals surface area (Å²) in [5.41, 5.74) is 0.583. The number of rotatable bonds is 6. The predicted octanol–water partition coefficient (Wildman–Crippen LogP) is 2.52. The van der Waals surface area contributed by atoms with Gasteiger partial charge in [0.2, 0.25) is 0 Å². The molecule has 27 heavy (non-hydrogen) atoms. The summed E-state index contributed by atoms with van der Waals surface area (Å²) in [5.74, 6) is -2.00. The highest BCUT2D eigenvalue weighted by Crippen LogP contribution is 2.43. The molecule has 0 saturated carbocycles. The van der Waals surface area contributed by atoms with Gasteiger partial charge in [0, 0.05) is 6.61 Å². The lowest BCUT2D eigenvalue weighted by molar-refractivity contribution is 0.214. The first-order valence-electron chi connectivity index (χ1n) is 8.61. The van der Waals surface area contributed by atoms with Gasteiger partial charge < -0.3 is 15.2 Å². The molecule has 146 valence electrons. The maximum Gasteiger partial charge on any atom is 0.187 e. The number of aliphatic hydroxyl groups excluding tert-OH is 1. The Bertz CT molecular complexity index is 916. The number of nitrogens with one attached hydrogen (secondary N) is 1. The molecule has 8 heteroatoms. The van der Waals surface area contributed by atoms with Crippen molar-refractivity contribution in [2.45, 2.75) is 29.5 Å². The van der Waals surface area contributed by atoms with Gasteiger partial charge in [0.1, 0.15) is 17.7 Å². The Balaban J connectivity index is 2.11. The summed E-state index contributed by atoms with van der Waals surface area (Å²) in [4.78, 5) is 0.0311. The Morgan fingerprint density at radius 1 is 1.15 bits per heavy atom. The largest absolute Gasteiger partial charge is 0.488 e. The quantitative estimate of drug-likeness (QED) is 0.733. The number of benzene rings is 2. The molecule has 0 fully saturated rings. The normalized spacial score (nSPS) is 19.4. The molecule has 1 aliphatic rings. The van der Waals surface area contributed by atoms with Gasteiger partial charge in [-0.25, -0.2) is 17.2 Å². The number of halogens is 2. The minimum absolute atomic E-state index is 0.0311. The van der Waals surface area contributed by atoms with E-state index >= 15 is 0 Å². The van der Waals surface area contributed by atoms with Crippen molar-refractivity contribution in [2.75, 3.05) is 19.8 Å². The number of aryl methyl sites for hydroxylation is 1. The molecule has 1 aliphatic heterocycles. The maximum atomic E-state index is 14.6. The average molecular weight is 397 g/mol. The summed E-state index contributed by atoms with van der Waals surface area (Å²) in [6, 6.07) is 7.27. The van der Waals surface area contributed by atoms with E-state index in [1.807, 2.05) is 6.92 Å². The lowest BCUT2D eigenvalue weighted by atomic mass is 10.0. The average Bonchev–Trinajstić information content (AvgIpc) is 2.65. The third kappa shape index (κ3) is 3.83. The van der Waals surface area contributed by atoms with E-state index in [0.717, 1.165) is 17.7 Å². The van der Waals surface area contributed by atoms with Crippen LogP contribution in [0.2, 0.25) is 0 Å². The molecule has 2 aromatic carbocycles. The fourth-order valence-electron chi connectivity index (χ4n) is 3.20. The second-order valence-corrected chi connectivity index (χ2v) is 8.57. The van der Waals surface area contributed by atoms with Crippen molar-refractivity contribution < 1.29 is 27.0 Å². The van der Waals surface area contributed by atoms with Crippen molar-refractivity contribution in [3.05, 3.63) is 59.2 Å². The summed E-state index contributed by atoms with van der Waals surface area (Å²) in [6.07, 6.45) is 0.395. The zero-order valence-electron chi connectivity index (χ0n) is 14.8. The van der Waals surface area contributed by atoms with Gasteiger partial charge >= 0.3 is 0 Å². The van der Waals surface area contributed by atoms with Crippen LogP contribution in [0.15, 0.2) is 41.3 Å². The molecular formula is C19H21F2NO4S. The van der Waals surface area contributed by atoms with Gasteiger partial charge in [0.15, 0.2) is 21.4 Å². The van der Waals surface area contributed by atoms with Crippen molar-refractivity contribution in [1.29, 1.82) is 0 Å². The number of fused-ring (bicyclic) bond motifs is 1. The van der Waals surface area contributed by atoms with E-state index in [1.54, 1.807) is 12.1 Å². The van der Waals surface area contributed by atoms with E-state index in [0.29, 0.717) is 13.0 Å². The van der Waals surface area contributed by atoms with Gasteiger partial charge in [-0.2, -0.15) is 0 Å². The Morgan fingerprint density at radius 2 is 1.81 bits per heavy atom. The minimum atomic E-state index is -4.03. The van der Waals surface area contributed by atoms with Gasteiger partial charge in [-0.3, -0.25) is 0 Å². The monoisotopic (exact) mass is 397 g/mol. The van der Waals surface area contributed by atoms with Gasteiger partial charge in [-0.15, -0.1) is 0 Å². The number of hydrogen-bond acceptors (Lipinski definition) is 5. The molecule has 3 rings (SSSR count). The second-order valence-electron chi connectivity index (χ2n) is 6.50. The van der Waals surface area contributed by atoms with Gasteiger partial charge in [0.25, 0.3) is 0 Å². The van der Waals surface area contributed by atoms with Crippen LogP contribution in [0, 0.1) is 18.6 Å². The number of ether oxygens (including phenoxy) is 1. The molecule has 2 atom stereocenters. The van der Waals surface area contributed by atoms with E-state index in [4.69, 9.17) is 9.84 Å². The first kappa shape index (κ1) is 19.7. The first-order chi connectivity index (χ1) is 12.9. The molecular weight excluding hydrogens is 376 g/mol. The highest BCUT2D eigenvalue weighted by Gasteiger charge is 2.43. The number of aliphatic hydroxyl groups is 1. The van der Waals surface area contributed by atoms with Crippen molar-refractivity contribution in [3.63, 3.8) is 0 Å². The molecule has 1 heterocycles. The fraction of sp³-hybridized carbons (Fsp3) is 0.368. The van der Waals surface area contributed by atoms with Crippen LogP contribution in [-0.4, -0.2) is 39.3 Å². The van der Waals surface area contributed by atoms with Crippen molar-refractivity contribution >= 4 is 9.84 Å². The Hall–Kier alpha value is -2.03. The zero-order valence-corrected chi connectivity index (χ0v) is 15.6. The van der Waals surface area contributed by atoms with Crippen LogP contribution in [0.4, 0.5) is 8.78 Å². The standard InChI is InChI=1S/C19H21F2NO4S/c1-12-3-5-13(6-4-12)27(24,25)19-16(22-9-2-10-23)11-26-18-15(21)8-7-14(20)17(18)19/h3-8,16,19,22-23H,2,9-11H2,1H3/t16-,19+/m0/s1. The van der Waals surface area contributed by atoms with Gasteiger partial charge in [-0.05, 0) is 44.2 Å². The van der Waals surface area contributed by atoms with E-state index in [9.17, 15) is 17.2 Å². The van der Waals surface area contributed by atoms with Crippen LogP contribution >= 0.6 is 0 Å².